The Kier molecular flexibility index (Phi) is 6.53. The summed E-state index contributed by atoms with van der Waals surface area (Å²) >= 11 is 1.50. The average molecular weight is 438 g/mol. The van der Waals surface area contributed by atoms with Gasteiger partial charge in [-0.15, -0.1) is 0 Å². The van der Waals surface area contributed by atoms with Gasteiger partial charge < -0.3 is 14.1 Å². The maximum absolute atomic E-state index is 13.5. The summed E-state index contributed by atoms with van der Waals surface area (Å²) < 4.78 is 12.5. The van der Waals surface area contributed by atoms with E-state index < -0.39 is 0 Å². The molecule has 2 heterocycles. The standard InChI is InChI=1S/C24H27N3O3S/c1-4-26(5-2)13-14-27(23(28)21-15-17-9-7-8-10-20(17)30-21)24-25-19-12-11-18(29-6-3)16-22(19)31-24/h7-12,15-16H,4-6,13-14H2,1-3H3. The summed E-state index contributed by atoms with van der Waals surface area (Å²) in [6, 6.07) is 15.3. The number of carbonyl (C=O) groups excluding carboxylic acids is 1. The topological polar surface area (TPSA) is 58.8 Å². The van der Waals surface area contributed by atoms with E-state index in [0.29, 0.717) is 29.6 Å². The second-order valence-electron chi connectivity index (χ2n) is 7.19. The zero-order valence-corrected chi connectivity index (χ0v) is 18.9. The largest absolute Gasteiger partial charge is 0.494 e. The highest BCUT2D eigenvalue weighted by molar-refractivity contribution is 7.22. The maximum atomic E-state index is 13.5. The fraction of sp³-hybridized carbons (Fsp3) is 0.333. The Morgan fingerprint density at radius 2 is 1.87 bits per heavy atom. The summed E-state index contributed by atoms with van der Waals surface area (Å²) in [6.07, 6.45) is 0. The van der Waals surface area contributed by atoms with Crippen LogP contribution < -0.4 is 9.64 Å². The van der Waals surface area contributed by atoms with Crippen LogP contribution in [0.15, 0.2) is 52.9 Å². The summed E-state index contributed by atoms with van der Waals surface area (Å²) in [5.41, 5.74) is 1.56. The van der Waals surface area contributed by atoms with Crippen LogP contribution in [0.25, 0.3) is 21.2 Å². The van der Waals surface area contributed by atoms with E-state index in [1.54, 1.807) is 4.90 Å². The van der Waals surface area contributed by atoms with Crippen molar-refractivity contribution >= 4 is 43.6 Å². The molecule has 0 radical (unpaired) electrons. The Balaban J connectivity index is 1.69. The zero-order chi connectivity index (χ0) is 21.8. The van der Waals surface area contributed by atoms with Crippen LogP contribution in [0.4, 0.5) is 5.13 Å². The number of hydrogen-bond acceptors (Lipinski definition) is 6. The van der Waals surface area contributed by atoms with E-state index in [9.17, 15) is 4.79 Å². The molecule has 6 nitrogen and oxygen atoms in total. The van der Waals surface area contributed by atoms with Crippen molar-refractivity contribution in [1.29, 1.82) is 0 Å². The maximum Gasteiger partial charge on any atom is 0.295 e. The van der Waals surface area contributed by atoms with Gasteiger partial charge in [-0.3, -0.25) is 9.69 Å². The van der Waals surface area contributed by atoms with Crippen LogP contribution in [0.5, 0.6) is 5.75 Å². The Labute approximate surface area is 186 Å². The molecule has 0 aliphatic carbocycles. The monoisotopic (exact) mass is 437 g/mol. The van der Waals surface area contributed by atoms with Gasteiger partial charge in [-0.1, -0.05) is 43.4 Å². The van der Waals surface area contributed by atoms with E-state index in [2.05, 4.69) is 18.7 Å². The van der Waals surface area contributed by atoms with Gasteiger partial charge in [0.2, 0.25) is 0 Å². The zero-order valence-electron chi connectivity index (χ0n) is 18.1. The van der Waals surface area contributed by atoms with Gasteiger partial charge in [0, 0.05) is 18.5 Å². The molecule has 4 rings (SSSR count). The third-order valence-corrected chi connectivity index (χ3v) is 6.35. The van der Waals surface area contributed by atoms with Crippen molar-refractivity contribution in [2.45, 2.75) is 20.8 Å². The normalized spacial score (nSPS) is 11.5. The fourth-order valence-electron chi connectivity index (χ4n) is 3.55. The number of amides is 1. The molecule has 2 aromatic carbocycles. The lowest BCUT2D eigenvalue weighted by molar-refractivity contribution is 0.0959. The van der Waals surface area contributed by atoms with Crippen molar-refractivity contribution < 1.29 is 13.9 Å². The number of anilines is 1. The minimum Gasteiger partial charge on any atom is -0.494 e. The molecule has 0 fully saturated rings. The third-order valence-electron chi connectivity index (χ3n) is 5.31. The highest BCUT2D eigenvalue weighted by atomic mass is 32.1. The van der Waals surface area contributed by atoms with Gasteiger partial charge in [0.1, 0.15) is 11.3 Å². The number of benzene rings is 2. The predicted octanol–water partition coefficient (Wildman–Crippen LogP) is 5.43. The molecular formula is C24H27N3O3S. The number of para-hydroxylation sites is 1. The van der Waals surface area contributed by atoms with Gasteiger partial charge in [-0.05, 0) is 50.3 Å². The van der Waals surface area contributed by atoms with Gasteiger partial charge in [0.25, 0.3) is 5.91 Å². The number of aromatic nitrogens is 1. The first kappa shape index (κ1) is 21.3. The van der Waals surface area contributed by atoms with E-state index in [-0.39, 0.29) is 5.91 Å². The van der Waals surface area contributed by atoms with E-state index in [1.165, 1.54) is 11.3 Å². The molecule has 31 heavy (non-hydrogen) atoms. The molecule has 0 unspecified atom stereocenters. The van der Waals surface area contributed by atoms with Gasteiger partial charge in [-0.2, -0.15) is 0 Å². The number of hydrogen-bond donors (Lipinski definition) is 0. The highest BCUT2D eigenvalue weighted by Crippen LogP contribution is 2.33. The molecule has 0 saturated heterocycles. The molecule has 4 aromatic rings. The molecule has 0 spiro atoms. The minimum absolute atomic E-state index is 0.174. The number of nitrogens with zero attached hydrogens (tertiary/aromatic N) is 3. The molecule has 162 valence electrons. The van der Waals surface area contributed by atoms with E-state index in [0.717, 1.165) is 41.0 Å². The molecule has 1 amide bonds. The number of thiazole rings is 1. The molecule has 0 aliphatic heterocycles. The summed E-state index contributed by atoms with van der Waals surface area (Å²) in [5.74, 6) is 0.964. The van der Waals surface area contributed by atoms with Gasteiger partial charge in [0.05, 0.1) is 16.8 Å². The van der Waals surface area contributed by atoms with E-state index in [4.69, 9.17) is 14.1 Å². The second-order valence-corrected chi connectivity index (χ2v) is 8.20. The van der Waals surface area contributed by atoms with E-state index >= 15 is 0 Å². The first-order valence-electron chi connectivity index (χ1n) is 10.7. The Bertz CT molecular complexity index is 1150. The van der Waals surface area contributed by atoms with Crippen molar-refractivity contribution in [2.75, 3.05) is 37.7 Å². The van der Waals surface area contributed by atoms with Crippen LogP contribution in [0.1, 0.15) is 31.3 Å². The minimum atomic E-state index is -0.174. The lowest BCUT2D eigenvalue weighted by atomic mass is 10.2. The lowest BCUT2D eigenvalue weighted by Crippen LogP contribution is -2.38. The molecule has 0 saturated carbocycles. The molecule has 2 aromatic heterocycles. The summed E-state index contributed by atoms with van der Waals surface area (Å²) in [7, 11) is 0. The SMILES string of the molecule is CCOc1ccc2nc(N(CCN(CC)CC)C(=O)c3cc4ccccc4o3)sc2c1. The average Bonchev–Trinajstić information content (AvgIpc) is 3.40. The van der Waals surface area contributed by atoms with Crippen LogP contribution in [0.2, 0.25) is 0 Å². The second kappa shape index (κ2) is 9.49. The smallest absolute Gasteiger partial charge is 0.295 e. The van der Waals surface area contributed by atoms with Crippen molar-refractivity contribution in [1.82, 2.24) is 9.88 Å². The van der Waals surface area contributed by atoms with Crippen molar-refractivity contribution in [2.24, 2.45) is 0 Å². The van der Waals surface area contributed by atoms with Crippen LogP contribution >= 0.6 is 11.3 Å². The molecule has 0 N–H and O–H groups in total. The molecule has 0 aliphatic rings. The summed E-state index contributed by atoms with van der Waals surface area (Å²) in [4.78, 5) is 22.3. The molecule has 0 bridgehead atoms. The lowest BCUT2D eigenvalue weighted by Gasteiger charge is -2.24. The van der Waals surface area contributed by atoms with E-state index in [1.807, 2.05) is 55.5 Å². The quantitative estimate of drug-likeness (QED) is 0.349. The van der Waals surface area contributed by atoms with Crippen molar-refractivity contribution in [3.05, 3.63) is 54.3 Å². The summed E-state index contributed by atoms with van der Waals surface area (Å²) in [6.45, 7) is 9.99. The molecular weight excluding hydrogens is 410 g/mol. The number of likely N-dealkylation sites (N-methyl/N-ethyl adjacent to an activating group) is 1. The van der Waals surface area contributed by atoms with Gasteiger partial charge in [0.15, 0.2) is 10.9 Å². The van der Waals surface area contributed by atoms with Crippen LogP contribution in [0, 0.1) is 0 Å². The first-order valence-corrected chi connectivity index (χ1v) is 11.5. The Hall–Kier alpha value is -2.90. The highest BCUT2D eigenvalue weighted by Gasteiger charge is 2.25. The third kappa shape index (κ3) is 4.57. The van der Waals surface area contributed by atoms with Gasteiger partial charge >= 0.3 is 0 Å². The number of fused-ring (bicyclic) bond motifs is 2. The number of furan rings is 1. The van der Waals surface area contributed by atoms with Crippen LogP contribution in [-0.4, -0.2) is 48.6 Å². The first-order chi connectivity index (χ1) is 15.1. The number of ether oxygens (including phenoxy) is 1. The number of rotatable bonds is 9. The molecule has 0 atom stereocenters. The summed E-state index contributed by atoms with van der Waals surface area (Å²) in [5, 5.41) is 1.58. The molecule has 7 heteroatoms. The van der Waals surface area contributed by atoms with Crippen LogP contribution in [-0.2, 0) is 0 Å². The fourth-order valence-corrected chi connectivity index (χ4v) is 4.57. The van der Waals surface area contributed by atoms with Gasteiger partial charge in [-0.25, -0.2) is 4.98 Å². The predicted molar refractivity (Wildman–Crippen MR) is 126 cm³/mol. The van der Waals surface area contributed by atoms with Crippen molar-refractivity contribution in [3.63, 3.8) is 0 Å². The Morgan fingerprint density at radius 3 is 2.61 bits per heavy atom. The Morgan fingerprint density at radius 1 is 1.06 bits per heavy atom. The van der Waals surface area contributed by atoms with Crippen LogP contribution in [0.3, 0.4) is 0 Å². The number of carbonyl (C=O) groups is 1. The van der Waals surface area contributed by atoms with Crippen molar-refractivity contribution in [3.8, 4) is 5.75 Å².